The van der Waals surface area contributed by atoms with Crippen molar-refractivity contribution < 1.29 is 9.59 Å². The SMILES string of the molecule is O=C(NC1CCC(C(=O)N2CCCCC2CCn2ccnc2)CC1)c1cnccn1. The van der Waals surface area contributed by atoms with E-state index in [9.17, 15) is 9.59 Å². The molecule has 0 spiro atoms. The molecule has 160 valence electrons. The van der Waals surface area contributed by atoms with Gasteiger partial charge in [-0.25, -0.2) is 9.97 Å². The van der Waals surface area contributed by atoms with Gasteiger partial charge >= 0.3 is 0 Å². The third-order valence-electron chi connectivity index (χ3n) is 6.40. The molecular formula is C22H30N6O2. The monoisotopic (exact) mass is 410 g/mol. The van der Waals surface area contributed by atoms with Crippen LogP contribution in [0.25, 0.3) is 0 Å². The molecule has 1 saturated heterocycles. The second-order valence-electron chi connectivity index (χ2n) is 8.38. The van der Waals surface area contributed by atoms with E-state index >= 15 is 0 Å². The van der Waals surface area contributed by atoms with Crippen molar-refractivity contribution >= 4 is 11.8 Å². The average molecular weight is 411 g/mol. The molecule has 1 aliphatic heterocycles. The van der Waals surface area contributed by atoms with E-state index in [0.29, 0.717) is 17.6 Å². The van der Waals surface area contributed by atoms with E-state index in [1.54, 1.807) is 12.4 Å². The molecule has 1 aliphatic carbocycles. The van der Waals surface area contributed by atoms with Gasteiger partial charge in [0, 0.05) is 55.9 Å². The molecule has 1 N–H and O–H groups in total. The number of carbonyl (C=O) groups excluding carboxylic acids is 2. The molecule has 30 heavy (non-hydrogen) atoms. The fourth-order valence-corrected chi connectivity index (χ4v) is 4.70. The van der Waals surface area contributed by atoms with E-state index in [-0.39, 0.29) is 17.9 Å². The second-order valence-corrected chi connectivity index (χ2v) is 8.38. The van der Waals surface area contributed by atoms with Gasteiger partial charge in [0.25, 0.3) is 5.91 Å². The number of nitrogens with zero attached hydrogens (tertiary/aromatic N) is 5. The number of rotatable bonds is 6. The average Bonchev–Trinajstić information content (AvgIpc) is 3.32. The van der Waals surface area contributed by atoms with E-state index in [1.165, 1.54) is 18.8 Å². The van der Waals surface area contributed by atoms with Crippen LogP contribution in [0.1, 0.15) is 61.9 Å². The molecule has 8 nitrogen and oxygen atoms in total. The summed E-state index contributed by atoms with van der Waals surface area (Å²) in [6, 6.07) is 0.421. The quantitative estimate of drug-likeness (QED) is 0.790. The Kier molecular flexibility index (Phi) is 6.71. The number of imidazole rings is 1. The van der Waals surface area contributed by atoms with Crippen LogP contribution in [0.5, 0.6) is 0 Å². The number of carbonyl (C=O) groups is 2. The smallest absolute Gasteiger partial charge is 0.271 e. The molecule has 2 aromatic rings. The van der Waals surface area contributed by atoms with Crippen molar-refractivity contribution in [3.63, 3.8) is 0 Å². The molecule has 0 bridgehead atoms. The summed E-state index contributed by atoms with van der Waals surface area (Å²) in [7, 11) is 0. The molecule has 1 atom stereocenters. The predicted molar refractivity (Wildman–Crippen MR) is 111 cm³/mol. The number of hydrogen-bond acceptors (Lipinski definition) is 5. The third kappa shape index (κ3) is 5.04. The fourth-order valence-electron chi connectivity index (χ4n) is 4.70. The molecule has 2 aromatic heterocycles. The van der Waals surface area contributed by atoms with Crippen LogP contribution in [0.3, 0.4) is 0 Å². The lowest BCUT2D eigenvalue weighted by molar-refractivity contribution is -0.140. The van der Waals surface area contributed by atoms with Gasteiger partial charge in [0.15, 0.2) is 0 Å². The minimum Gasteiger partial charge on any atom is -0.348 e. The summed E-state index contributed by atoms with van der Waals surface area (Å²) in [4.78, 5) is 39.8. The summed E-state index contributed by atoms with van der Waals surface area (Å²) in [5.74, 6) is 0.195. The number of aryl methyl sites for hydroxylation is 1. The van der Waals surface area contributed by atoms with Crippen molar-refractivity contribution in [1.29, 1.82) is 0 Å². The minimum absolute atomic E-state index is 0.0727. The highest BCUT2D eigenvalue weighted by atomic mass is 16.2. The topological polar surface area (TPSA) is 93.0 Å². The maximum absolute atomic E-state index is 13.3. The molecule has 1 unspecified atom stereocenters. The Labute approximate surface area is 177 Å². The first-order chi connectivity index (χ1) is 14.7. The van der Waals surface area contributed by atoms with Crippen LogP contribution in [0.4, 0.5) is 0 Å². The molecule has 3 heterocycles. The normalized spacial score (nSPS) is 24.4. The van der Waals surface area contributed by atoms with E-state index in [0.717, 1.165) is 58.0 Å². The Bertz CT molecular complexity index is 817. The van der Waals surface area contributed by atoms with Crippen molar-refractivity contribution in [2.24, 2.45) is 5.92 Å². The lowest BCUT2D eigenvalue weighted by Gasteiger charge is -2.39. The van der Waals surface area contributed by atoms with Crippen LogP contribution < -0.4 is 5.32 Å². The minimum atomic E-state index is -0.187. The van der Waals surface area contributed by atoms with Gasteiger partial charge in [-0.3, -0.25) is 14.6 Å². The van der Waals surface area contributed by atoms with Gasteiger partial charge in [-0.2, -0.15) is 0 Å². The van der Waals surface area contributed by atoms with Crippen LogP contribution in [0, 0.1) is 5.92 Å². The number of hydrogen-bond donors (Lipinski definition) is 1. The van der Waals surface area contributed by atoms with Crippen molar-refractivity contribution in [2.45, 2.75) is 70.0 Å². The third-order valence-corrected chi connectivity index (χ3v) is 6.40. The second kappa shape index (κ2) is 9.82. The highest BCUT2D eigenvalue weighted by molar-refractivity contribution is 5.92. The number of aromatic nitrogens is 4. The van der Waals surface area contributed by atoms with Gasteiger partial charge < -0.3 is 14.8 Å². The fraction of sp³-hybridized carbons (Fsp3) is 0.591. The van der Waals surface area contributed by atoms with E-state index in [1.807, 2.05) is 12.5 Å². The van der Waals surface area contributed by atoms with Gasteiger partial charge in [0.05, 0.1) is 12.5 Å². The lowest BCUT2D eigenvalue weighted by Crippen LogP contribution is -2.48. The maximum atomic E-state index is 13.3. The lowest BCUT2D eigenvalue weighted by atomic mass is 9.84. The van der Waals surface area contributed by atoms with Gasteiger partial charge in [-0.1, -0.05) is 0 Å². The van der Waals surface area contributed by atoms with Gasteiger partial charge in [-0.05, 0) is 51.4 Å². The highest BCUT2D eigenvalue weighted by Gasteiger charge is 2.34. The van der Waals surface area contributed by atoms with Crippen LogP contribution in [0.2, 0.25) is 0 Å². The summed E-state index contributed by atoms with van der Waals surface area (Å²) in [5.41, 5.74) is 0.338. The zero-order valence-electron chi connectivity index (χ0n) is 17.3. The number of nitrogens with one attached hydrogen (secondary N) is 1. The first-order valence-electron chi connectivity index (χ1n) is 11.0. The zero-order valence-corrected chi connectivity index (χ0v) is 17.3. The van der Waals surface area contributed by atoms with Crippen molar-refractivity contribution in [3.05, 3.63) is 43.0 Å². The van der Waals surface area contributed by atoms with E-state index in [4.69, 9.17) is 0 Å². The molecule has 4 rings (SSSR count). The number of piperidine rings is 1. The van der Waals surface area contributed by atoms with Crippen molar-refractivity contribution in [2.75, 3.05) is 6.54 Å². The summed E-state index contributed by atoms with van der Waals surface area (Å²) < 4.78 is 2.09. The van der Waals surface area contributed by atoms with Crippen LogP contribution in [-0.4, -0.2) is 54.9 Å². The summed E-state index contributed by atoms with van der Waals surface area (Å²) >= 11 is 0. The van der Waals surface area contributed by atoms with Crippen LogP contribution in [-0.2, 0) is 11.3 Å². The first kappa shape index (κ1) is 20.5. The van der Waals surface area contributed by atoms with Crippen molar-refractivity contribution in [3.8, 4) is 0 Å². The van der Waals surface area contributed by atoms with Gasteiger partial charge in [0.2, 0.25) is 5.91 Å². The Morgan fingerprint density at radius 1 is 1.03 bits per heavy atom. The van der Waals surface area contributed by atoms with E-state index in [2.05, 4.69) is 29.7 Å². The molecule has 2 aliphatic rings. The molecular weight excluding hydrogens is 380 g/mol. The van der Waals surface area contributed by atoms with E-state index < -0.39 is 0 Å². The zero-order chi connectivity index (χ0) is 20.8. The van der Waals surface area contributed by atoms with Crippen LogP contribution in [0.15, 0.2) is 37.3 Å². The maximum Gasteiger partial charge on any atom is 0.271 e. The predicted octanol–water partition coefficient (Wildman–Crippen LogP) is 2.43. The Morgan fingerprint density at radius 2 is 1.90 bits per heavy atom. The van der Waals surface area contributed by atoms with Crippen LogP contribution >= 0.6 is 0 Å². The Hall–Kier alpha value is -2.77. The molecule has 8 heteroatoms. The number of amides is 2. The molecule has 2 fully saturated rings. The summed E-state index contributed by atoms with van der Waals surface area (Å²) in [5, 5.41) is 3.04. The standard InChI is InChI=1S/C22H30N6O2/c29-21(20-15-23-9-10-25-20)26-18-6-4-17(5-7-18)22(30)28-12-2-1-3-19(28)8-13-27-14-11-24-16-27/h9-11,14-19H,1-8,12-13H2,(H,26,29). The molecule has 1 saturated carbocycles. The van der Waals surface area contributed by atoms with Crippen molar-refractivity contribution in [1.82, 2.24) is 29.7 Å². The summed E-state index contributed by atoms with van der Waals surface area (Å²) in [6.07, 6.45) is 17.8. The first-order valence-corrected chi connectivity index (χ1v) is 11.0. The largest absolute Gasteiger partial charge is 0.348 e. The van der Waals surface area contributed by atoms with Gasteiger partial charge in [0.1, 0.15) is 5.69 Å². The molecule has 2 amide bonds. The Balaban J connectivity index is 1.27. The molecule has 0 radical (unpaired) electrons. The Morgan fingerprint density at radius 3 is 2.63 bits per heavy atom. The summed E-state index contributed by atoms with van der Waals surface area (Å²) in [6.45, 7) is 1.77. The molecule has 0 aromatic carbocycles. The number of likely N-dealkylation sites (tertiary alicyclic amines) is 1. The highest BCUT2D eigenvalue weighted by Crippen LogP contribution is 2.30. The van der Waals surface area contributed by atoms with Gasteiger partial charge in [-0.15, -0.1) is 0 Å².